The van der Waals surface area contributed by atoms with Gasteiger partial charge in [-0.05, 0) is 54.3 Å². The van der Waals surface area contributed by atoms with Crippen LogP contribution in [0.4, 0.5) is 26.3 Å². The minimum absolute atomic E-state index is 0.0308. The van der Waals surface area contributed by atoms with Gasteiger partial charge in [0.25, 0.3) is 0 Å². The molecule has 3 rings (SSSR count). The molecule has 1 heterocycles. The molecule has 2 N–H and O–H groups in total. The molecular formula is C24H20Cl2F6N4O2. The van der Waals surface area contributed by atoms with Gasteiger partial charge in [-0.25, -0.2) is 9.78 Å². The molecule has 0 aliphatic rings. The summed E-state index contributed by atoms with van der Waals surface area (Å²) in [6.07, 6.45) is -11.8. The average Bonchev–Trinajstić information content (AvgIpc) is 2.81. The summed E-state index contributed by atoms with van der Waals surface area (Å²) in [5.41, 5.74) is -3.94. The van der Waals surface area contributed by atoms with Crippen LogP contribution in [0, 0.1) is 5.41 Å². The molecule has 0 unspecified atom stereocenters. The predicted molar refractivity (Wildman–Crippen MR) is 130 cm³/mol. The van der Waals surface area contributed by atoms with Crippen LogP contribution in [0.25, 0.3) is 22.8 Å². The van der Waals surface area contributed by atoms with Gasteiger partial charge in [-0.2, -0.15) is 31.3 Å². The molecule has 0 aliphatic heterocycles. The summed E-state index contributed by atoms with van der Waals surface area (Å²) in [6, 6.07) is 8.81. The fraction of sp³-hybridized carbons (Fsp3) is 0.333. The molecule has 0 saturated carbocycles. The molecule has 204 valence electrons. The highest BCUT2D eigenvalue weighted by atomic mass is 35.5. The van der Waals surface area contributed by atoms with Gasteiger partial charge in [-0.15, -0.1) is 0 Å². The Kier molecular flexibility index (Phi) is 8.18. The Labute approximate surface area is 222 Å². The lowest BCUT2D eigenvalue weighted by Crippen LogP contribution is -2.57. The first-order chi connectivity index (χ1) is 17.5. The maximum atomic E-state index is 13.2. The topological polar surface area (TPSA) is 87.7 Å². The van der Waals surface area contributed by atoms with Crippen molar-refractivity contribution in [3.8, 4) is 22.8 Å². The Morgan fingerprint density at radius 1 is 0.974 bits per heavy atom. The van der Waals surface area contributed by atoms with E-state index in [2.05, 4.69) is 15.0 Å². The number of amides is 1. The fourth-order valence-corrected chi connectivity index (χ4v) is 3.95. The molecule has 0 radical (unpaired) electrons. The summed E-state index contributed by atoms with van der Waals surface area (Å²) >= 11 is 12.5. The van der Waals surface area contributed by atoms with Crippen molar-refractivity contribution < 1.29 is 31.1 Å². The Balaban J connectivity index is 1.96. The first-order valence-corrected chi connectivity index (χ1v) is 11.7. The highest BCUT2D eigenvalue weighted by Gasteiger charge is 2.72. The third kappa shape index (κ3) is 5.80. The van der Waals surface area contributed by atoms with Gasteiger partial charge >= 0.3 is 18.0 Å². The van der Waals surface area contributed by atoms with Gasteiger partial charge in [0.05, 0.1) is 5.02 Å². The SMILES string of the molecule is CC(C)c1cc(-c2nc(-c3cc(CNC(=O)C(C)(C(F)(F)F)C(F)(F)F)ccc3Cl)[nH]c(=O)n2)ccc1Cl. The highest BCUT2D eigenvalue weighted by Crippen LogP contribution is 2.50. The molecule has 2 aromatic carbocycles. The van der Waals surface area contributed by atoms with E-state index in [-0.39, 0.29) is 40.6 Å². The number of hydrogen-bond donors (Lipinski definition) is 2. The van der Waals surface area contributed by atoms with Crippen molar-refractivity contribution in [1.82, 2.24) is 20.3 Å². The van der Waals surface area contributed by atoms with Crippen molar-refractivity contribution in [2.45, 2.75) is 45.6 Å². The van der Waals surface area contributed by atoms with E-state index in [0.717, 1.165) is 5.56 Å². The van der Waals surface area contributed by atoms with Gasteiger partial charge < -0.3 is 5.32 Å². The molecule has 14 heteroatoms. The summed E-state index contributed by atoms with van der Waals surface area (Å²) in [4.78, 5) is 34.9. The number of carbonyl (C=O) groups is 1. The molecule has 0 spiro atoms. The van der Waals surface area contributed by atoms with Crippen LogP contribution in [0.2, 0.25) is 10.0 Å². The van der Waals surface area contributed by atoms with Crippen molar-refractivity contribution in [2.75, 3.05) is 0 Å². The zero-order valence-electron chi connectivity index (χ0n) is 20.0. The molecule has 0 bridgehead atoms. The number of benzene rings is 2. The maximum absolute atomic E-state index is 13.2. The molecule has 1 aromatic heterocycles. The third-order valence-corrected chi connectivity index (χ3v) is 6.53. The fourth-order valence-electron chi connectivity index (χ4n) is 3.41. The van der Waals surface area contributed by atoms with Gasteiger partial charge in [0.15, 0.2) is 5.82 Å². The van der Waals surface area contributed by atoms with E-state index < -0.39 is 35.9 Å². The Hall–Kier alpha value is -3.12. The van der Waals surface area contributed by atoms with Gasteiger partial charge in [0, 0.05) is 22.7 Å². The minimum Gasteiger partial charge on any atom is -0.351 e. The van der Waals surface area contributed by atoms with Crippen LogP contribution in [-0.2, 0) is 11.3 Å². The van der Waals surface area contributed by atoms with Gasteiger partial charge in [0.1, 0.15) is 5.82 Å². The lowest BCUT2D eigenvalue weighted by Gasteiger charge is -2.32. The normalized spacial score (nSPS) is 12.6. The molecule has 3 aromatic rings. The highest BCUT2D eigenvalue weighted by molar-refractivity contribution is 6.33. The number of nitrogens with one attached hydrogen (secondary N) is 2. The first kappa shape index (κ1) is 29.4. The summed E-state index contributed by atoms with van der Waals surface area (Å²) in [7, 11) is 0. The Morgan fingerprint density at radius 3 is 2.16 bits per heavy atom. The molecule has 38 heavy (non-hydrogen) atoms. The van der Waals surface area contributed by atoms with Gasteiger partial charge in [0.2, 0.25) is 11.3 Å². The molecule has 0 saturated heterocycles. The van der Waals surface area contributed by atoms with E-state index in [1.807, 2.05) is 13.8 Å². The smallest absolute Gasteiger partial charge is 0.351 e. The zero-order chi connectivity index (χ0) is 28.6. The number of aromatic amines is 1. The molecule has 0 fully saturated rings. The number of halogens is 8. The Morgan fingerprint density at radius 2 is 1.58 bits per heavy atom. The summed E-state index contributed by atoms with van der Waals surface area (Å²) in [5, 5.41) is 2.26. The number of aromatic nitrogens is 3. The predicted octanol–water partition coefficient (Wildman–Crippen LogP) is 6.68. The first-order valence-electron chi connectivity index (χ1n) is 10.9. The molecule has 6 nitrogen and oxygen atoms in total. The van der Waals surface area contributed by atoms with Crippen molar-refractivity contribution in [3.63, 3.8) is 0 Å². The standard InChI is InChI=1S/C24H20Cl2F6N4O2/c1-11(2)14-9-13(5-7-16(14)25)18-34-19(36-21(38)35-18)15-8-12(4-6-17(15)26)10-33-20(37)22(3,23(27,28)29)24(30,31)32/h4-9,11H,10H2,1-3H3,(H,33,37)(H,34,35,36,38). The van der Waals surface area contributed by atoms with E-state index in [0.29, 0.717) is 10.6 Å². The number of nitrogens with zero attached hydrogens (tertiary/aromatic N) is 2. The van der Waals surface area contributed by atoms with E-state index in [9.17, 15) is 35.9 Å². The second-order valence-corrected chi connectivity index (χ2v) is 9.65. The van der Waals surface area contributed by atoms with Crippen LogP contribution >= 0.6 is 23.2 Å². The van der Waals surface area contributed by atoms with Gasteiger partial charge in [-0.3, -0.25) is 9.78 Å². The van der Waals surface area contributed by atoms with Crippen molar-refractivity contribution >= 4 is 29.1 Å². The minimum atomic E-state index is -5.88. The molecular weight excluding hydrogens is 561 g/mol. The Bertz CT molecular complexity index is 1410. The number of hydrogen-bond acceptors (Lipinski definition) is 4. The van der Waals surface area contributed by atoms with E-state index >= 15 is 0 Å². The largest absolute Gasteiger partial charge is 0.411 e. The van der Waals surface area contributed by atoms with Crippen molar-refractivity contribution in [2.24, 2.45) is 5.41 Å². The van der Waals surface area contributed by atoms with E-state index in [1.54, 1.807) is 23.5 Å². The summed E-state index contributed by atoms with van der Waals surface area (Å²) in [5.74, 6) is -2.24. The molecule has 0 aliphatic carbocycles. The van der Waals surface area contributed by atoms with Crippen LogP contribution in [-0.4, -0.2) is 33.2 Å². The van der Waals surface area contributed by atoms with E-state index in [1.165, 1.54) is 18.2 Å². The average molecular weight is 581 g/mol. The summed E-state index contributed by atoms with van der Waals surface area (Å²) < 4.78 is 79.0. The number of rotatable bonds is 6. The second kappa shape index (κ2) is 10.6. The quantitative estimate of drug-likeness (QED) is 0.318. The zero-order valence-corrected chi connectivity index (χ0v) is 21.5. The van der Waals surface area contributed by atoms with Crippen LogP contribution in [0.3, 0.4) is 0 Å². The van der Waals surface area contributed by atoms with E-state index in [4.69, 9.17) is 23.2 Å². The van der Waals surface area contributed by atoms with Crippen molar-refractivity contribution in [3.05, 3.63) is 68.1 Å². The lowest BCUT2D eigenvalue weighted by atomic mass is 9.87. The molecule has 1 amide bonds. The van der Waals surface area contributed by atoms with Crippen LogP contribution in [0.5, 0.6) is 0 Å². The van der Waals surface area contributed by atoms with Gasteiger partial charge in [-0.1, -0.05) is 43.1 Å². The lowest BCUT2D eigenvalue weighted by molar-refractivity contribution is -0.319. The van der Waals surface area contributed by atoms with Crippen LogP contribution in [0.15, 0.2) is 41.2 Å². The number of alkyl halides is 6. The van der Waals surface area contributed by atoms with Crippen molar-refractivity contribution in [1.29, 1.82) is 0 Å². The molecule has 0 atom stereocenters. The number of carbonyl (C=O) groups excluding carboxylic acids is 1. The van der Waals surface area contributed by atoms with Crippen LogP contribution < -0.4 is 11.0 Å². The summed E-state index contributed by atoms with van der Waals surface area (Å²) in [6.45, 7) is 2.92. The monoisotopic (exact) mass is 580 g/mol. The third-order valence-electron chi connectivity index (χ3n) is 5.85. The maximum Gasteiger partial charge on any atom is 0.411 e. The number of H-pyrrole nitrogens is 1. The van der Waals surface area contributed by atoms with Crippen LogP contribution in [0.1, 0.15) is 37.8 Å². The second-order valence-electron chi connectivity index (χ2n) is 8.83.